The Kier molecular flexibility index (Phi) is 10.9. The van der Waals surface area contributed by atoms with Gasteiger partial charge < -0.3 is 20.1 Å². The molecule has 0 radical (unpaired) electrons. The zero-order chi connectivity index (χ0) is 21.8. The topological polar surface area (TPSA) is 93.7 Å². The summed E-state index contributed by atoms with van der Waals surface area (Å²) >= 11 is 0. The standard InChI is InChI=1S/C15H21NO4.C6H13NO/c1-15(2,3)20-14(18)16-10-9-13(17)19-11-12-7-5-4-6-8-12;1-5(8)7-6(2,3)4/h4-8H,9-11H2,1-3H3,(H,16,18);1-4H3,(H,7,8). The molecule has 0 heterocycles. The molecule has 7 heteroatoms. The van der Waals surface area contributed by atoms with Crippen molar-refractivity contribution in [1.82, 2.24) is 10.6 Å². The summed E-state index contributed by atoms with van der Waals surface area (Å²) in [7, 11) is 0. The van der Waals surface area contributed by atoms with Crippen molar-refractivity contribution in [3.8, 4) is 0 Å². The molecule has 0 spiro atoms. The van der Waals surface area contributed by atoms with E-state index in [1.165, 1.54) is 6.92 Å². The van der Waals surface area contributed by atoms with Gasteiger partial charge in [0, 0.05) is 19.0 Å². The highest BCUT2D eigenvalue weighted by Crippen LogP contribution is 2.06. The SMILES string of the molecule is CC(=O)NC(C)(C)C.CC(C)(C)OC(=O)NCCC(=O)OCc1ccccc1. The predicted molar refractivity (Wildman–Crippen MR) is 109 cm³/mol. The van der Waals surface area contributed by atoms with Crippen LogP contribution in [0.5, 0.6) is 0 Å². The fraction of sp³-hybridized carbons (Fsp3) is 0.571. The van der Waals surface area contributed by atoms with Gasteiger partial charge in [-0.25, -0.2) is 4.79 Å². The summed E-state index contributed by atoms with van der Waals surface area (Å²) < 4.78 is 10.1. The molecule has 0 bridgehead atoms. The van der Waals surface area contributed by atoms with Crippen LogP contribution in [0.3, 0.4) is 0 Å². The van der Waals surface area contributed by atoms with Crippen molar-refractivity contribution in [2.24, 2.45) is 0 Å². The van der Waals surface area contributed by atoms with Crippen LogP contribution >= 0.6 is 0 Å². The molecule has 0 aromatic heterocycles. The van der Waals surface area contributed by atoms with Gasteiger partial charge in [-0.3, -0.25) is 9.59 Å². The largest absolute Gasteiger partial charge is 0.461 e. The van der Waals surface area contributed by atoms with Crippen LogP contribution in [0.1, 0.15) is 60.5 Å². The van der Waals surface area contributed by atoms with E-state index in [4.69, 9.17) is 9.47 Å². The lowest BCUT2D eigenvalue weighted by atomic mass is 10.1. The third-order valence-corrected chi connectivity index (χ3v) is 2.79. The maximum Gasteiger partial charge on any atom is 0.407 e. The molecule has 2 amide bonds. The minimum atomic E-state index is -0.544. The summed E-state index contributed by atoms with van der Waals surface area (Å²) in [6.45, 7) is 13.2. The summed E-state index contributed by atoms with van der Waals surface area (Å²) in [5.74, 6) is -0.331. The van der Waals surface area contributed by atoms with Gasteiger partial charge in [-0.15, -0.1) is 0 Å². The highest BCUT2D eigenvalue weighted by atomic mass is 16.6. The number of carbonyl (C=O) groups excluding carboxylic acids is 3. The number of ether oxygens (including phenoxy) is 2. The summed E-state index contributed by atoms with van der Waals surface area (Å²) in [5, 5.41) is 5.25. The second-order valence-electron chi connectivity index (χ2n) is 8.26. The van der Waals surface area contributed by atoms with E-state index in [1.807, 2.05) is 51.1 Å². The minimum Gasteiger partial charge on any atom is -0.461 e. The molecule has 0 aliphatic rings. The number of rotatable bonds is 5. The Labute approximate surface area is 168 Å². The lowest BCUT2D eigenvalue weighted by molar-refractivity contribution is -0.144. The molecule has 0 unspecified atom stereocenters. The number of carbonyl (C=O) groups is 3. The smallest absolute Gasteiger partial charge is 0.407 e. The van der Waals surface area contributed by atoms with Crippen molar-refractivity contribution in [3.63, 3.8) is 0 Å². The van der Waals surface area contributed by atoms with Gasteiger partial charge in [0.1, 0.15) is 12.2 Å². The van der Waals surface area contributed by atoms with Crippen molar-refractivity contribution in [1.29, 1.82) is 0 Å². The lowest BCUT2D eigenvalue weighted by Gasteiger charge is -2.19. The Morgan fingerprint density at radius 1 is 0.964 bits per heavy atom. The highest BCUT2D eigenvalue weighted by Gasteiger charge is 2.16. The van der Waals surface area contributed by atoms with E-state index in [2.05, 4.69) is 10.6 Å². The molecule has 1 aromatic rings. The summed E-state index contributed by atoms with van der Waals surface area (Å²) in [5.41, 5.74) is 0.310. The van der Waals surface area contributed by atoms with Gasteiger partial charge >= 0.3 is 12.1 Å². The highest BCUT2D eigenvalue weighted by molar-refractivity contribution is 5.73. The number of nitrogens with one attached hydrogen (secondary N) is 2. The molecule has 0 aliphatic heterocycles. The molecular formula is C21H34N2O5. The van der Waals surface area contributed by atoms with Crippen LogP contribution in [0.2, 0.25) is 0 Å². The Balaban J connectivity index is 0.000000769. The van der Waals surface area contributed by atoms with E-state index in [9.17, 15) is 14.4 Å². The number of amides is 2. The number of hydrogen-bond acceptors (Lipinski definition) is 5. The van der Waals surface area contributed by atoms with Gasteiger partial charge in [-0.05, 0) is 47.1 Å². The Morgan fingerprint density at radius 2 is 1.54 bits per heavy atom. The molecular weight excluding hydrogens is 360 g/mol. The first-order valence-electron chi connectivity index (χ1n) is 9.23. The second-order valence-corrected chi connectivity index (χ2v) is 8.26. The van der Waals surface area contributed by atoms with Crippen LogP contribution in [0.15, 0.2) is 30.3 Å². The molecule has 158 valence electrons. The van der Waals surface area contributed by atoms with Gasteiger partial charge in [-0.1, -0.05) is 30.3 Å². The first-order chi connectivity index (χ1) is 12.8. The van der Waals surface area contributed by atoms with Crippen LogP contribution in [0, 0.1) is 0 Å². The van der Waals surface area contributed by atoms with Crippen LogP contribution in [-0.4, -0.2) is 35.7 Å². The summed E-state index contributed by atoms with van der Waals surface area (Å²) in [6.07, 6.45) is -0.417. The number of benzene rings is 1. The van der Waals surface area contributed by atoms with Gasteiger partial charge in [0.15, 0.2) is 0 Å². The Morgan fingerprint density at radius 3 is 1.96 bits per heavy atom. The first-order valence-corrected chi connectivity index (χ1v) is 9.23. The molecule has 0 saturated carbocycles. The Hall–Kier alpha value is -2.57. The second kappa shape index (κ2) is 12.0. The van der Waals surface area contributed by atoms with Crippen LogP contribution in [-0.2, 0) is 25.7 Å². The molecule has 7 nitrogen and oxygen atoms in total. The van der Waals surface area contributed by atoms with Crippen molar-refractivity contribution in [3.05, 3.63) is 35.9 Å². The average molecular weight is 395 g/mol. The molecule has 0 aliphatic carbocycles. The quantitative estimate of drug-likeness (QED) is 0.745. The van der Waals surface area contributed by atoms with E-state index < -0.39 is 11.7 Å². The van der Waals surface area contributed by atoms with Crippen molar-refractivity contribution < 1.29 is 23.9 Å². The fourth-order valence-corrected chi connectivity index (χ4v) is 1.92. The molecule has 0 saturated heterocycles. The van der Waals surface area contributed by atoms with E-state index in [0.717, 1.165) is 5.56 Å². The van der Waals surface area contributed by atoms with E-state index in [1.54, 1.807) is 20.8 Å². The van der Waals surface area contributed by atoms with Gasteiger partial charge in [0.05, 0.1) is 6.42 Å². The maximum absolute atomic E-state index is 11.5. The third-order valence-electron chi connectivity index (χ3n) is 2.79. The molecule has 1 rings (SSSR count). The third kappa shape index (κ3) is 16.9. The maximum atomic E-state index is 11.5. The lowest BCUT2D eigenvalue weighted by Crippen LogP contribution is -2.38. The molecule has 2 N–H and O–H groups in total. The van der Waals surface area contributed by atoms with Gasteiger partial charge in [0.25, 0.3) is 0 Å². The Bertz CT molecular complexity index is 616. The molecule has 28 heavy (non-hydrogen) atoms. The number of hydrogen-bond donors (Lipinski definition) is 2. The molecule has 0 atom stereocenters. The van der Waals surface area contributed by atoms with Crippen molar-refractivity contribution in [2.75, 3.05) is 6.54 Å². The van der Waals surface area contributed by atoms with E-state index in [-0.39, 0.29) is 37.0 Å². The number of alkyl carbamates (subject to hydrolysis) is 1. The molecule has 1 aromatic carbocycles. The van der Waals surface area contributed by atoms with Crippen LogP contribution < -0.4 is 10.6 Å². The summed E-state index contributed by atoms with van der Waals surface area (Å²) in [4.78, 5) is 33.2. The average Bonchev–Trinajstić information content (AvgIpc) is 2.50. The van der Waals surface area contributed by atoms with Crippen molar-refractivity contribution in [2.45, 2.75) is 72.6 Å². The minimum absolute atomic E-state index is 0.0255. The first kappa shape index (κ1) is 25.4. The summed E-state index contributed by atoms with van der Waals surface area (Å²) in [6, 6.07) is 9.43. The zero-order valence-corrected chi connectivity index (χ0v) is 18.0. The number of esters is 1. The predicted octanol–water partition coefficient (Wildman–Crippen LogP) is 3.57. The van der Waals surface area contributed by atoms with E-state index >= 15 is 0 Å². The molecule has 0 fully saturated rings. The fourth-order valence-electron chi connectivity index (χ4n) is 1.92. The van der Waals surface area contributed by atoms with Crippen LogP contribution in [0.25, 0.3) is 0 Å². The van der Waals surface area contributed by atoms with E-state index in [0.29, 0.717) is 0 Å². The van der Waals surface area contributed by atoms with Gasteiger partial charge in [-0.2, -0.15) is 0 Å². The van der Waals surface area contributed by atoms with Crippen molar-refractivity contribution >= 4 is 18.0 Å². The zero-order valence-electron chi connectivity index (χ0n) is 18.0. The van der Waals surface area contributed by atoms with Crippen LogP contribution in [0.4, 0.5) is 4.79 Å². The normalized spacial score (nSPS) is 10.8. The monoisotopic (exact) mass is 394 g/mol. The van der Waals surface area contributed by atoms with Gasteiger partial charge in [0.2, 0.25) is 5.91 Å².